The summed E-state index contributed by atoms with van der Waals surface area (Å²) in [6.07, 6.45) is 6.63. The minimum Gasteiger partial charge on any atom is -0.436 e. The van der Waals surface area contributed by atoms with E-state index < -0.39 is 6.29 Å². The van der Waals surface area contributed by atoms with Crippen molar-refractivity contribution in [3.63, 3.8) is 0 Å². The molecule has 112 valence electrons. The van der Waals surface area contributed by atoms with Crippen LogP contribution in [0.15, 0.2) is 30.3 Å². The summed E-state index contributed by atoms with van der Waals surface area (Å²) in [6.45, 7) is 2.20. The Hall–Kier alpha value is -1.35. The third-order valence-electron chi connectivity index (χ3n) is 3.26. The molecule has 0 saturated heterocycles. The number of ether oxygens (including phenoxy) is 2. The van der Waals surface area contributed by atoms with Crippen LogP contribution in [0, 0.1) is 0 Å². The zero-order chi connectivity index (χ0) is 14.6. The number of unbranched alkanes of at least 4 members (excludes halogenated alkanes) is 4. The summed E-state index contributed by atoms with van der Waals surface area (Å²) in [6, 6.07) is 9.62. The van der Waals surface area contributed by atoms with Crippen LogP contribution in [-0.2, 0) is 20.7 Å². The van der Waals surface area contributed by atoms with Crippen molar-refractivity contribution in [2.45, 2.75) is 58.2 Å². The Balaban J connectivity index is 2.23. The molecule has 0 saturated carbocycles. The van der Waals surface area contributed by atoms with Gasteiger partial charge < -0.3 is 9.47 Å². The van der Waals surface area contributed by atoms with Crippen LogP contribution in [0.25, 0.3) is 0 Å². The van der Waals surface area contributed by atoms with Crippen molar-refractivity contribution in [1.82, 2.24) is 0 Å². The van der Waals surface area contributed by atoms with Crippen LogP contribution in [0.3, 0.4) is 0 Å². The van der Waals surface area contributed by atoms with Crippen molar-refractivity contribution in [1.29, 1.82) is 0 Å². The summed E-state index contributed by atoms with van der Waals surface area (Å²) in [4.78, 5) is 11.8. The number of hydrogen-bond donors (Lipinski definition) is 0. The molecular weight excluding hydrogens is 252 g/mol. The predicted octanol–water partition coefficient (Wildman–Crippen LogP) is 4.11. The number of esters is 1. The fourth-order valence-corrected chi connectivity index (χ4v) is 2.09. The van der Waals surface area contributed by atoms with Crippen LogP contribution in [0.4, 0.5) is 0 Å². The van der Waals surface area contributed by atoms with E-state index in [-0.39, 0.29) is 5.97 Å². The second-order valence-corrected chi connectivity index (χ2v) is 5.02. The van der Waals surface area contributed by atoms with Gasteiger partial charge in [-0.1, -0.05) is 62.9 Å². The number of rotatable bonds is 10. The molecule has 1 atom stereocenters. The molecule has 3 heteroatoms. The van der Waals surface area contributed by atoms with Gasteiger partial charge in [0.1, 0.15) is 0 Å². The molecule has 0 fully saturated rings. The Kier molecular flexibility index (Phi) is 8.72. The summed E-state index contributed by atoms with van der Waals surface area (Å²) in [7, 11) is 1.59. The summed E-state index contributed by atoms with van der Waals surface area (Å²) in [5.41, 5.74) is 0.968. The average molecular weight is 278 g/mol. The van der Waals surface area contributed by atoms with Crippen molar-refractivity contribution in [3.05, 3.63) is 35.9 Å². The normalized spacial score (nSPS) is 12.1. The van der Waals surface area contributed by atoms with Gasteiger partial charge >= 0.3 is 5.97 Å². The van der Waals surface area contributed by atoms with E-state index in [0.29, 0.717) is 6.42 Å². The van der Waals surface area contributed by atoms with Crippen LogP contribution in [0.1, 0.15) is 51.0 Å². The van der Waals surface area contributed by atoms with E-state index in [2.05, 4.69) is 6.92 Å². The minimum absolute atomic E-state index is 0.225. The fraction of sp³-hybridized carbons (Fsp3) is 0.588. The second kappa shape index (κ2) is 10.4. The minimum atomic E-state index is -0.409. The van der Waals surface area contributed by atoms with Gasteiger partial charge in [-0.3, -0.25) is 4.79 Å². The average Bonchev–Trinajstić information content (AvgIpc) is 2.46. The Morgan fingerprint density at radius 2 is 1.80 bits per heavy atom. The highest BCUT2D eigenvalue weighted by molar-refractivity contribution is 5.72. The molecule has 3 nitrogen and oxygen atoms in total. The van der Waals surface area contributed by atoms with E-state index in [1.54, 1.807) is 7.11 Å². The van der Waals surface area contributed by atoms with Gasteiger partial charge in [-0.05, 0) is 12.0 Å². The largest absolute Gasteiger partial charge is 0.436 e. The van der Waals surface area contributed by atoms with Crippen LogP contribution < -0.4 is 0 Å². The van der Waals surface area contributed by atoms with Crippen LogP contribution in [0.2, 0.25) is 0 Å². The Morgan fingerprint density at radius 1 is 1.10 bits per heavy atom. The summed E-state index contributed by atoms with van der Waals surface area (Å²) in [5, 5.41) is 0. The Labute approximate surface area is 122 Å². The Bertz CT molecular complexity index is 362. The lowest BCUT2D eigenvalue weighted by Gasteiger charge is -2.16. The maximum absolute atomic E-state index is 11.8. The molecule has 0 aliphatic heterocycles. The fourth-order valence-electron chi connectivity index (χ4n) is 2.09. The molecule has 0 bridgehead atoms. The Morgan fingerprint density at radius 3 is 2.45 bits per heavy atom. The number of carbonyl (C=O) groups excluding carboxylic acids is 1. The van der Waals surface area contributed by atoms with E-state index in [4.69, 9.17) is 9.47 Å². The number of carbonyl (C=O) groups is 1. The standard InChI is InChI=1S/C17H26O3/c1-3-4-5-6-10-13-17(19-2)20-16(18)14-15-11-8-7-9-12-15/h7-9,11-12,17H,3-6,10,13-14H2,1-2H3. The van der Waals surface area contributed by atoms with Crippen molar-refractivity contribution >= 4 is 5.97 Å². The van der Waals surface area contributed by atoms with E-state index in [0.717, 1.165) is 18.4 Å². The first-order valence-corrected chi connectivity index (χ1v) is 7.52. The molecular formula is C17H26O3. The highest BCUT2D eigenvalue weighted by atomic mass is 16.7. The van der Waals surface area contributed by atoms with Gasteiger partial charge in [0.05, 0.1) is 6.42 Å². The zero-order valence-electron chi connectivity index (χ0n) is 12.6. The van der Waals surface area contributed by atoms with Gasteiger partial charge in [-0.15, -0.1) is 0 Å². The summed E-state index contributed by atoms with van der Waals surface area (Å²) in [5.74, 6) is -0.225. The number of benzene rings is 1. The van der Waals surface area contributed by atoms with E-state index in [1.807, 2.05) is 30.3 Å². The first-order chi connectivity index (χ1) is 9.76. The predicted molar refractivity (Wildman–Crippen MR) is 80.4 cm³/mol. The zero-order valence-corrected chi connectivity index (χ0v) is 12.6. The lowest BCUT2D eigenvalue weighted by molar-refractivity contribution is -0.173. The molecule has 0 radical (unpaired) electrons. The molecule has 0 aromatic heterocycles. The topological polar surface area (TPSA) is 35.5 Å². The van der Waals surface area contributed by atoms with Crippen molar-refractivity contribution in [2.75, 3.05) is 7.11 Å². The van der Waals surface area contributed by atoms with Gasteiger partial charge in [0.2, 0.25) is 6.29 Å². The molecule has 0 spiro atoms. The third-order valence-corrected chi connectivity index (χ3v) is 3.26. The van der Waals surface area contributed by atoms with Crippen molar-refractivity contribution in [2.24, 2.45) is 0 Å². The van der Waals surface area contributed by atoms with Gasteiger partial charge in [0, 0.05) is 13.5 Å². The van der Waals surface area contributed by atoms with Crippen LogP contribution >= 0.6 is 0 Å². The number of hydrogen-bond acceptors (Lipinski definition) is 3. The monoisotopic (exact) mass is 278 g/mol. The molecule has 0 heterocycles. The van der Waals surface area contributed by atoms with E-state index in [1.165, 1.54) is 25.7 Å². The second-order valence-electron chi connectivity index (χ2n) is 5.02. The quantitative estimate of drug-likeness (QED) is 0.367. The highest BCUT2D eigenvalue weighted by Crippen LogP contribution is 2.11. The molecule has 0 amide bonds. The maximum atomic E-state index is 11.8. The van der Waals surface area contributed by atoms with Gasteiger partial charge in [-0.2, -0.15) is 0 Å². The highest BCUT2D eigenvalue weighted by Gasteiger charge is 2.13. The first-order valence-electron chi connectivity index (χ1n) is 7.52. The lowest BCUT2D eigenvalue weighted by Crippen LogP contribution is -2.21. The van der Waals surface area contributed by atoms with Crippen LogP contribution in [0.5, 0.6) is 0 Å². The third kappa shape index (κ3) is 7.29. The molecule has 0 aliphatic carbocycles. The first kappa shape index (κ1) is 16.7. The van der Waals surface area contributed by atoms with Gasteiger partial charge in [0.25, 0.3) is 0 Å². The molecule has 1 unspecified atom stereocenters. The van der Waals surface area contributed by atoms with Gasteiger partial charge in [-0.25, -0.2) is 0 Å². The van der Waals surface area contributed by atoms with Gasteiger partial charge in [0.15, 0.2) is 0 Å². The molecule has 0 aliphatic rings. The molecule has 1 rings (SSSR count). The van der Waals surface area contributed by atoms with Crippen LogP contribution in [-0.4, -0.2) is 19.4 Å². The molecule has 0 N–H and O–H groups in total. The van der Waals surface area contributed by atoms with E-state index in [9.17, 15) is 4.79 Å². The molecule has 20 heavy (non-hydrogen) atoms. The SMILES string of the molecule is CCCCCCCC(OC)OC(=O)Cc1ccccc1. The molecule has 1 aromatic carbocycles. The number of methoxy groups -OCH3 is 1. The van der Waals surface area contributed by atoms with Crippen molar-refractivity contribution in [3.8, 4) is 0 Å². The van der Waals surface area contributed by atoms with Crippen molar-refractivity contribution < 1.29 is 14.3 Å². The smallest absolute Gasteiger partial charge is 0.312 e. The molecule has 1 aromatic rings. The summed E-state index contributed by atoms with van der Waals surface area (Å²) < 4.78 is 10.6. The maximum Gasteiger partial charge on any atom is 0.312 e. The van der Waals surface area contributed by atoms with E-state index >= 15 is 0 Å². The summed E-state index contributed by atoms with van der Waals surface area (Å²) >= 11 is 0. The lowest BCUT2D eigenvalue weighted by atomic mass is 10.1.